The van der Waals surface area contributed by atoms with Gasteiger partial charge in [-0.1, -0.05) is 35.9 Å². The molecule has 1 aliphatic heterocycles. The normalized spacial score (nSPS) is 27.6. The van der Waals surface area contributed by atoms with E-state index in [1.54, 1.807) is 12.1 Å². The zero-order valence-electron chi connectivity index (χ0n) is 15.5. The van der Waals surface area contributed by atoms with Crippen LogP contribution >= 0.6 is 11.6 Å². The van der Waals surface area contributed by atoms with E-state index in [4.69, 9.17) is 21.1 Å². The summed E-state index contributed by atoms with van der Waals surface area (Å²) in [6.45, 7) is 2.07. The number of halogens is 1. The number of hydrogen-bond donors (Lipinski definition) is 4. The Labute approximate surface area is 168 Å². The third kappa shape index (κ3) is 4.49. The van der Waals surface area contributed by atoms with E-state index < -0.39 is 37.1 Å². The first-order chi connectivity index (χ1) is 13.4. The molecule has 1 heterocycles. The molecule has 5 atom stereocenters. The molecule has 0 aromatic heterocycles. The highest BCUT2D eigenvalue weighted by Gasteiger charge is 2.43. The molecule has 0 spiro atoms. The van der Waals surface area contributed by atoms with E-state index in [-0.39, 0.29) is 0 Å². The molecular formula is C21H25ClO6. The van der Waals surface area contributed by atoms with Gasteiger partial charge < -0.3 is 29.9 Å². The Hall–Kier alpha value is -1.67. The lowest BCUT2D eigenvalue weighted by Crippen LogP contribution is -2.55. The van der Waals surface area contributed by atoms with Crippen LogP contribution < -0.4 is 4.74 Å². The number of rotatable bonds is 6. The van der Waals surface area contributed by atoms with Crippen molar-refractivity contribution in [3.05, 3.63) is 64.2 Å². The van der Waals surface area contributed by atoms with E-state index in [1.165, 1.54) is 0 Å². The van der Waals surface area contributed by atoms with Gasteiger partial charge in [0.05, 0.1) is 13.2 Å². The summed E-state index contributed by atoms with van der Waals surface area (Å²) in [4.78, 5) is 0. The fourth-order valence-corrected chi connectivity index (χ4v) is 3.56. The van der Waals surface area contributed by atoms with E-state index in [2.05, 4.69) is 0 Å². The largest absolute Gasteiger partial charge is 0.494 e. The average molecular weight is 415 g/mol. The molecule has 28 heavy (non-hydrogen) atoms. The summed E-state index contributed by atoms with van der Waals surface area (Å²) in [5, 5.41) is 40.3. The van der Waals surface area contributed by atoms with Gasteiger partial charge in [0.15, 0.2) is 0 Å². The summed E-state index contributed by atoms with van der Waals surface area (Å²) in [6.07, 6.45) is -5.39. The smallest absolute Gasteiger partial charge is 0.119 e. The Morgan fingerprint density at radius 3 is 2.36 bits per heavy atom. The van der Waals surface area contributed by atoms with Crippen molar-refractivity contribution < 1.29 is 29.9 Å². The van der Waals surface area contributed by atoms with Crippen molar-refractivity contribution in [3.8, 4) is 5.75 Å². The molecule has 2 aromatic rings. The quantitative estimate of drug-likeness (QED) is 0.575. The van der Waals surface area contributed by atoms with Crippen molar-refractivity contribution in [1.82, 2.24) is 0 Å². The molecule has 2 aromatic carbocycles. The molecule has 0 amide bonds. The van der Waals surface area contributed by atoms with E-state index in [0.717, 1.165) is 16.9 Å². The van der Waals surface area contributed by atoms with Crippen molar-refractivity contribution in [1.29, 1.82) is 0 Å². The van der Waals surface area contributed by atoms with Gasteiger partial charge in [0.25, 0.3) is 0 Å². The Kier molecular flexibility index (Phi) is 6.93. The Bertz CT molecular complexity index is 779. The summed E-state index contributed by atoms with van der Waals surface area (Å²) in [5.74, 6) is 0.799. The topological polar surface area (TPSA) is 99.4 Å². The molecule has 152 valence electrons. The lowest BCUT2D eigenvalue weighted by molar-refractivity contribution is -0.231. The first-order valence-corrected chi connectivity index (χ1v) is 9.63. The minimum absolute atomic E-state index is 0.464. The van der Waals surface area contributed by atoms with Crippen LogP contribution in [0.2, 0.25) is 5.02 Å². The van der Waals surface area contributed by atoms with Gasteiger partial charge in [-0.05, 0) is 48.2 Å². The van der Waals surface area contributed by atoms with Crippen LogP contribution in [0.25, 0.3) is 0 Å². The molecule has 1 aliphatic rings. The summed E-state index contributed by atoms with van der Waals surface area (Å²) in [5.41, 5.74) is 2.49. The predicted molar refractivity (Wildman–Crippen MR) is 105 cm³/mol. The SMILES string of the molecule is CCO[13c]1[13cH][13cH][13c](Cc2cc([C@@H]3O[C@H](CO)[C@@H](O)[C@H](O)[C@H]3O)ccc2Cl)[13cH][13cH]1. The predicted octanol–water partition coefficient (Wildman–Crippen LogP) is 1.84. The monoisotopic (exact) mass is 414 g/mol. The highest BCUT2D eigenvalue weighted by atomic mass is 35.5. The molecule has 6 nitrogen and oxygen atoms in total. The molecule has 0 bridgehead atoms. The molecule has 0 radical (unpaired) electrons. The zero-order chi connectivity index (χ0) is 20.3. The standard InChI is InChI=1S/C21H25ClO6/c1-2-27-15-6-3-12(4-7-15)9-14-10-13(5-8-16(14)22)21-20(26)19(25)18(24)17(11-23)28-21/h3-8,10,17-21,23-26H,2,9,11H2,1H3/t17-,18-,19+,20-,21+/m1/s1/i3+1,4+1,6+1,7+1,12+1,15+1. The Morgan fingerprint density at radius 2 is 1.71 bits per heavy atom. The zero-order valence-corrected chi connectivity index (χ0v) is 16.3. The highest BCUT2D eigenvalue weighted by Crippen LogP contribution is 2.34. The van der Waals surface area contributed by atoms with Crippen molar-refractivity contribution in [2.45, 2.75) is 43.9 Å². The van der Waals surface area contributed by atoms with Crippen LogP contribution in [0, 0.1) is 0 Å². The average Bonchev–Trinajstić information content (AvgIpc) is 2.70. The van der Waals surface area contributed by atoms with E-state index >= 15 is 0 Å². The maximum Gasteiger partial charge on any atom is 0.119 e. The van der Waals surface area contributed by atoms with Gasteiger partial charge in [0, 0.05) is 5.02 Å². The number of benzene rings is 2. The third-order valence-electron chi connectivity index (χ3n) is 4.92. The fraction of sp³-hybridized carbons (Fsp3) is 0.429. The number of aliphatic hydroxyl groups is 4. The number of aliphatic hydroxyl groups excluding tert-OH is 4. The van der Waals surface area contributed by atoms with Gasteiger partial charge in [-0.25, -0.2) is 0 Å². The van der Waals surface area contributed by atoms with Gasteiger partial charge in [0.2, 0.25) is 0 Å². The summed E-state index contributed by atoms with van der Waals surface area (Å²) < 4.78 is 11.1. The maximum absolute atomic E-state index is 10.3. The Balaban J connectivity index is 1.82. The fourth-order valence-electron chi connectivity index (χ4n) is 3.37. The molecule has 4 N–H and O–H groups in total. The minimum Gasteiger partial charge on any atom is -0.494 e. The van der Waals surface area contributed by atoms with Gasteiger partial charge >= 0.3 is 0 Å². The molecule has 1 fully saturated rings. The first kappa shape index (κ1) is 21.0. The van der Waals surface area contributed by atoms with E-state index in [1.807, 2.05) is 37.3 Å². The lowest BCUT2D eigenvalue weighted by Gasteiger charge is -2.40. The van der Waals surface area contributed by atoms with E-state index in [9.17, 15) is 20.4 Å². The first-order valence-electron chi connectivity index (χ1n) is 9.25. The molecule has 0 aliphatic carbocycles. The van der Waals surface area contributed by atoms with Crippen LogP contribution in [0.1, 0.15) is 29.7 Å². The molecule has 3 rings (SSSR count). The van der Waals surface area contributed by atoms with Gasteiger partial charge in [-0.2, -0.15) is 0 Å². The van der Waals surface area contributed by atoms with Crippen LogP contribution in [-0.4, -0.2) is 58.1 Å². The second-order valence-corrected chi connectivity index (χ2v) is 7.26. The maximum atomic E-state index is 10.3. The molecule has 0 unspecified atom stereocenters. The number of ether oxygens (including phenoxy) is 2. The summed E-state index contributed by atoms with van der Waals surface area (Å²) >= 11 is 6.35. The highest BCUT2D eigenvalue weighted by molar-refractivity contribution is 6.31. The second kappa shape index (κ2) is 9.22. The molecule has 1 saturated heterocycles. The molecule has 0 saturated carbocycles. The third-order valence-corrected chi connectivity index (χ3v) is 5.29. The van der Waals surface area contributed by atoms with Crippen molar-refractivity contribution >= 4 is 11.6 Å². The number of hydrogen-bond acceptors (Lipinski definition) is 6. The lowest BCUT2D eigenvalue weighted by atomic mass is 9.90. The van der Waals surface area contributed by atoms with Crippen LogP contribution in [0.5, 0.6) is 5.75 Å². The van der Waals surface area contributed by atoms with Crippen molar-refractivity contribution in [2.24, 2.45) is 0 Å². The van der Waals surface area contributed by atoms with Crippen LogP contribution in [0.4, 0.5) is 0 Å². The van der Waals surface area contributed by atoms with Gasteiger partial charge in [0.1, 0.15) is 36.3 Å². The van der Waals surface area contributed by atoms with Crippen molar-refractivity contribution in [2.75, 3.05) is 13.2 Å². The summed E-state index contributed by atoms with van der Waals surface area (Å²) in [6, 6.07) is 12.9. The van der Waals surface area contributed by atoms with Crippen molar-refractivity contribution in [3.63, 3.8) is 0 Å². The van der Waals surface area contributed by atoms with E-state index in [0.29, 0.717) is 23.6 Å². The summed E-state index contributed by atoms with van der Waals surface area (Å²) in [7, 11) is 0. The van der Waals surface area contributed by atoms with Gasteiger partial charge in [-0.3, -0.25) is 0 Å². The minimum atomic E-state index is -1.42. The molecule has 7 heteroatoms. The van der Waals surface area contributed by atoms with Gasteiger partial charge in [-0.15, -0.1) is 0 Å². The van der Waals surface area contributed by atoms with Crippen LogP contribution in [0.3, 0.4) is 0 Å². The Morgan fingerprint density at radius 1 is 1.00 bits per heavy atom. The second-order valence-electron chi connectivity index (χ2n) is 6.85. The molecular weight excluding hydrogens is 390 g/mol. The van der Waals surface area contributed by atoms with Crippen LogP contribution in [0.15, 0.2) is 42.5 Å². The van der Waals surface area contributed by atoms with Crippen LogP contribution in [-0.2, 0) is 11.2 Å².